The Balaban J connectivity index is 1.64. The highest BCUT2D eigenvalue weighted by Gasteiger charge is 2.34. The third kappa shape index (κ3) is 3.78. The van der Waals surface area contributed by atoms with Crippen LogP contribution in [0.15, 0.2) is 35.4 Å². The Hall–Kier alpha value is -2.17. The number of hydrogen-bond donors (Lipinski definition) is 1. The van der Waals surface area contributed by atoms with Crippen LogP contribution in [0, 0.1) is 0 Å². The number of hydrogen-bond acceptors (Lipinski definition) is 3. The van der Waals surface area contributed by atoms with Crippen molar-refractivity contribution in [1.82, 2.24) is 10.3 Å². The summed E-state index contributed by atoms with van der Waals surface area (Å²) in [4.78, 5) is 26.7. The molecule has 1 saturated heterocycles. The summed E-state index contributed by atoms with van der Waals surface area (Å²) in [5, 5.41) is 4.27. The van der Waals surface area contributed by atoms with Crippen LogP contribution >= 0.6 is 0 Å². The number of likely N-dealkylation sites (tertiary alicyclic amines) is 1. The van der Waals surface area contributed by atoms with Crippen LogP contribution in [-0.2, 0) is 4.79 Å². The highest BCUT2D eigenvalue weighted by Crippen LogP contribution is 2.20. The molecule has 0 aromatic heterocycles. The molecule has 0 bridgehead atoms. The molecule has 2 fully saturated rings. The third-order valence-electron chi connectivity index (χ3n) is 4.59. The SMILES string of the molecule is O=C(NN=C1CCCCC1)C1CCCN1C(=O)c1ccccc1. The summed E-state index contributed by atoms with van der Waals surface area (Å²) in [6, 6.07) is 8.73. The second-order valence-corrected chi connectivity index (χ2v) is 6.24. The number of nitrogens with one attached hydrogen (secondary N) is 1. The van der Waals surface area contributed by atoms with E-state index in [9.17, 15) is 9.59 Å². The summed E-state index contributed by atoms with van der Waals surface area (Å²) in [5.41, 5.74) is 4.39. The molecule has 1 aliphatic heterocycles. The van der Waals surface area contributed by atoms with Gasteiger partial charge in [0.25, 0.3) is 11.8 Å². The van der Waals surface area contributed by atoms with E-state index in [4.69, 9.17) is 0 Å². The predicted molar refractivity (Wildman–Crippen MR) is 89.2 cm³/mol. The summed E-state index contributed by atoms with van der Waals surface area (Å²) < 4.78 is 0. The van der Waals surface area contributed by atoms with Crippen molar-refractivity contribution in [1.29, 1.82) is 0 Å². The minimum Gasteiger partial charge on any atom is -0.327 e. The third-order valence-corrected chi connectivity index (χ3v) is 4.59. The van der Waals surface area contributed by atoms with E-state index in [1.165, 1.54) is 6.42 Å². The van der Waals surface area contributed by atoms with Gasteiger partial charge in [-0.25, -0.2) is 5.43 Å². The van der Waals surface area contributed by atoms with Gasteiger partial charge < -0.3 is 4.90 Å². The zero-order valence-electron chi connectivity index (χ0n) is 13.3. The first-order chi connectivity index (χ1) is 11.3. The summed E-state index contributed by atoms with van der Waals surface area (Å²) >= 11 is 0. The van der Waals surface area contributed by atoms with Crippen molar-refractivity contribution in [2.75, 3.05) is 6.54 Å². The van der Waals surface area contributed by atoms with Crippen LogP contribution in [0.3, 0.4) is 0 Å². The number of benzene rings is 1. The highest BCUT2D eigenvalue weighted by atomic mass is 16.2. The second-order valence-electron chi connectivity index (χ2n) is 6.24. The molecule has 0 radical (unpaired) electrons. The van der Waals surface area contributed by atoms with Crippen LogP contribution in [0.25, 0.3) is 0 Å². The molecule has 1 atom stereocenters. The molecule has 1 aromatic rings. The fourth-order valence-corrected chi connectivity index (χ4v) is 3.31. The predicted octanol–water partition coefficient (Wildman–Crippen LogP) is 2.73. The number of carbonyl (C=O) groups excluding carboxylic acids is 2. The highest BCUT2D eigenvalue weighted by molar-refractivity contribution is 5.98. The Labute approximate surface area is 136 Å². The lowest BCUT2D eigenvalue weighted by Crippen LogP contribution is -2.44. The average molecular weight is 313 g/mol. The molecule has 5 heteroatoms. The first kappa shape index (κ1) is 15.7. The summed E-state index contributed by atoms with van der Waals surface area (Å²) in [6.07, 6.45) is 7.04. The summed E-state index contributed by atoms with van der Waals surface area (Å²) in [5.74, 6) is -0.238. The topological polar surface area (TPSA) is 61.8 Å². The fraction of sp³-hybridized carbons (Fsp3) is 0.500. The molecule has 122 valence electrons. The summed E-state index contributed by atoms with van der Waals surface area (Å²) in [6.45, 7) is 0.627. The van der Waals surface area contributed by atoms with Crippen molar-refractivity contribution in [2.24, 2.45) is 5.10 Å². The number of nitrogens with zero attached hydrogens (tertiary/aromatic N) is 2. The maximum atomic E-state index is 12.6. The van der Waals surface area contributed by atoms with Gasteiger partial charge in [0.05, 0.1) is 0 Å². The maximum Gasteiger partial charge on any atom is 0.262 e. The van der Waals surface area contributed by atoms with E-state index in [0.717, 1.165) is 37.8 Å². The van der Waals surface area contributed by atoms with Crippen molar-refractivity contribution < 1.29 is 9.59 Å². The van der Waals surface area contributed by atoms with Gasteiger partial charge in [-0.3, -0.25) is 9.59 Å². The van der Waals surface area contributed by atoms with Gasteiger partial charge in [-0.1, -0.05) is 24.6 Å². The molecular formula is C18H23N3O2. The van der Waals surface area contributed by atoms with E-state index < -0.39 is 6.04 Å². The van der Waals surface area contributed by atoms with Crippen molar-refractivity contribution in [3.8, 4) is 0 Å². The molecule has 1 heterocycles. The second kappa shape index (κ2) is 7.40. The minimum absolute atomic E-state index is 0.0754. The Morgan fingerprint density at radius 1 is 1.04 bits per heavy atom. The standard InChI is InChI=1S/C18H23N3O2/c22-17(20-19-15-10-5-2-6-11-15)16-12-7-13-21(16)18(23)14-8-3-1-4-9-14/h1,3-4,8-9,16H,2,5-7,10-13H2,(H,20,22). The van der Waals surface area contributed by atoms with E-state index >= 15 is 0 Å². The van der Waals surface area contributed by atoms with E-state index in [2.05, 4.69) is 10.5 Å². The number of amides is 2. The molecule has 1 N–H and O–H groups in total. The maximum absolute atomic E-state index is 12.6. The minimum atomic E-state index is -0.407. The lowest BCUT2D eigenvalue weighted by molar-refractivity contribution is -0.124. The molecule has 1 saturated carbocycles. The van der Waals surface area contributed by atoms with Gasteiger partial charge >= 0.3 is 0 Å². The Morgan fingerprint density at radius 3 is 2.52 bits per heavy atom. The molecule has 2 aliphatic rings. The van der Waals surface area contributed by atoms with Gasteiger partial charge in [-0.05, 0) is 50.7 Å². The molecule has 3 rings (SSSR count). The number of hydrazone groups is 1. The van der Waals surface area contributed by atoms with Crippen LogP contribution in [-0.4, -0.2) is 35.0 Å². The van der Waals surface area contributed by atoms with E-state index in [1.54, 1.807) is 17.0 Å². The molecule has 0 spiro atoms. The number of carbonyl (C=O) groups is 2. The monoisotopic (exact) mass is 313 g/mol. The zero-order chi connectivity index (χ0) is 16.1. The molecule has 5 nitrogen and oxygen atoms in total. The Bertz CT molecular complexity index is 590. The number of rotatable bonds is 3. The van der Waals surface area contributed by atoms with Crippen LogP contribution < -0.4 is 5.43 Å². The van der Waals surface area contributed by atoms with Crippen molar-refractivity contribution >= 4 is 17.5 Å². The van der Waals surface area contributed by atoms with Crippen LogP contribution in [0.1, 0.15) is 55.3 Å². The Kier molecular flexibility index (Phi) is 5.05. The summed E-state index contributed by atoms with van der Waals surface area (Å²) in [7, 11) is 0. The molecule has 23 heavy (non-hydrogen) atoms. The quantitative estimate of drug-likeness (QED) is 0.872. The molecular weight excluding hydrogens is 290 g/mol. The van der Waals surface area contributed by atoms with E-state index in [-0.39, 0.29) is 11.8 Å². The van der Waals surface area contributed by atoms with Gasteiger partial charge in [-0.2, -0.15) is 5.10 Å². The van der Waals surface area contributed by atoms with Crippen molar-refractivity contribution in [3.05, 3.63) is 35.9 Å². The van der Waals surface area contributed by atoms with Crippen molar-refractivity contribution in [3.63, 3.8) is 0 Å². The molecule has 2 amide bonds. The van der Waals surface area contributed by atoms with Gasteiger partial charge in [-0.15, -0.1) is 0 Å². The largest absolute Gasteiger partial charge is 0.327 e. The van der Waals surface area contributed by atoms with Gasteiger partial charge in [0, 0.05) is 17.8 Å². The van der Waals surface area contributed by atoms with Gasteiger partial charge in [0.15, 0.2) is 0 Å². The van der Waals surface area contributed by atoms with E-state index in [0.29, 0.717) is 18.5 Å². The first-order valence-electron chi connectivity index (χ1n) is 8.47. The van der Waals surface area contributed by atoms with Gasteiger partial charge in [0.2, 0.25) is 0 Å². The first-order valence-corrected chi connectivity index (χ1v) is 8.47. The van der Waals surface area contributed by atoms with Crippen LogP contribution in [0.2, 0.25) is 0 Å². The Morgan fingerprint density at radius 2 is 1.78 bits per heavy atom. The van der Waals surface area contributed by atoms with E-state index in [1.807, 2.05) is 18.2 Å². The van der Waals surface area contributed by atoms with Crippen molar-refractivity contribution in [2.45, 2.75) is 51.0 Å². The average Bonchev–Trinajstić information content (AvgIpc) is 3.10. The molecule has 1 aromatic carbocycles. The lowest BCUT2D eigenvalue weighted by atomic mass is 9.99. The molecule has 1 aliphatic carbocycles. The van der Waals surface area contributed by atoms with Gasteiger partial charge in [0.1, 0.15) is 6.04 Å². The normalized spacial score (nSPS) is 21.1. The van der Waals surface area contributed by atoms with Crippen LogP contribution in [0.5, 0.6) is 0 Å². The zero-order valence-corrected chi connectivity index (χ0v) is 13.3. The smallest absolute Gasteiger partial charge is 0.262 e. The van der Waals surface area contributed by atoms with Crippen LogP contribution in [0.4, 0.5) is 0 Å². The fourth-order valence-electron chi connectivity index (χ4n) is 3.31. The lowest BCUT2D eigenvalue weighted by Gasteiger charge is -2.23. The molecule has 1 unspecified atom stereocenters.